The quantitative estimate of drug-likeness (QED) is 0.814. The molecule has 2 rings (SSSR count). The lowest BCUT2D eigenvalue weighted by molar-refractivity contribution is -0.121. The van der Waals surface area contributed by atoms with Gasteiger partial charge in [0.25, 0.3) is 0 Å². The highest BCUT2D eigenvalue weighted by Crippen LogP contribution is 2.17. The molecule has 1 aliphatic rings. The number of rotatable bonds is 5. The second-order valence-electron chi connectivity index (χ2n) is 5.39. The molecule has 106 valence electrons. The molecule has 0 atom stereocenters. The van der Waals surface area contributed by atoms with E-state index in [1.54, 1.807) is 11.3 Å². The highest BCUT2D eigenvalue weighted by atomic mass is 32.1. The molecule has 1 aromatic rings. The van der Waals surface area contributed by atoms with Crippen LogP contribution >= 0.6 is 11.3 Å². The van der Waals surface area contributed by atoms with Crippen LogP contribution in [0.25, 0.3) is 0 Å². The van der Waals surface area contributed by atoms with E-state index >= 15 is 0 Å². The first-order valence-corrected chi connectivity index (χ1v) is 8.16. The summed E-state index contributed by atoms with van der Waals surface area (Å²) in [5.41, 5.74) is 1.31. The molecule has 3 nitrogen and oxygen atoms in total. The molecular formula is C15H24N2OS. The Hall–Kier alpha value is -0.870. The van der Waals surface area contributed by atoms with E-state index in [2.05, 4.69) is 29.0 Å². The van der Waals surface area contributed by atoms with Gasteiger partial charge in [-0.3, -0.25) is 4.79 Å². The Morgan fingerprint density at radius 2 is 2.05 bits per heavy atom. The molecule has 19 heavy (non-hydrogen) atoms. The van der Waals surface area contributed by atoms with Crippen LogP contribution in [-0.2, 0) is 11.3 Å². The first kappa shape index (κ1) is 14.5. The molecule has 1 heterocycles. The van der Waals surface area contributed by atoms with Gasteiger partial charge in [-0.2, -0.15) is 0 Å². The molecule has 0 saturated heterocycles. The van der Waals surface area contributed by atoms with Crippen molar-refractivity contribution in [2.75, 3.05) is 6.54 Å². The zero-order chi connectivity index (χ0) is 13.5. The topological polar surface area (TPSA) is 41.1 Å². The SMILES string of the molecule is Cc1ccsc1CNCC(=O)NC1CCCCCC1. The molecule has 0 bridgehead atoms. The molecule has 1 saturated carbocycles. The molecule has 1 aliphatic carbocycles. The van der Waals surface area contributed by atoms with Gasteiger partial charge in [-0.05, 0) is 36.8 Å². The Morgan fingerprint density at radius 3 is 2.68 bits per heavy atom. The summed E-state index contributed by atoms with van der Waals surface area (Å²) in [5.74, 6) is 0.140. The third kappa shape index (κ3) is 4.96. The van der Waals surface area contributed by atoms with E-state index in [1.165, 1.54) is 36.1 Å². The predicted octanol–water partition coefficient (Wildman–Crippen LogP) is 2.99. The summed E-state index contributed by atoms with van der Waals surface area (Å²) >= 11 is 1.75. The molecule has 0 radical (unpaired) electrons. The van der Waals surface area contributed by atoms with E-state index in [9.17, 15) is 4.79 Å². The van der Waals surface area contributed by atoms with Crippen molar-refractivity contribution < 1.29 is 4.79 Å². The van der Waals surface area contributed by atoms with Crippen LogP contribution in [0.3, 0.4) is 0 Å². The molecule has 0 aliphatic heterocycles. The van der Waals surface area contributed by atoms with Gasteiger partial charge in [0.1, 0.15) is 0 Å². The third-order valence-corrected chi connectivity index (χ3v) is 4.78. The van der Waals surface area contributed by atoms with E-state index in [-0.39, 0.29) is 5.91 Å². The van der Waals surface area contributed by atoms with Gasteiger partial charge in [0.15, 0.2) is 0 Å². The lowest BCUT2D eigenvalue weighted by Gasteiger charge is -2.16. The van der Waals surface area contributed by atoms with Crippen molar-refractivity contribution in [3.63, 3.8) is 0 Å². The van der Waals surface area contributed by atoms with Crippen LogP contribution in [0.2, 0.25) is 0 Å². The number of hydrogen-bond acceptors (Lipinski definition) is 3. The summed E-state index contributed by atoms with van der Waals surface area (Å²) < 4.78 is 0. The van der Waals surface area contributed by atoms with E-state index in [4.69, 9.17) is 0 Å². The van der Waals surface area contributed by atoms with Crippen LogP contribution in [0.5, 0.6) is 0 Å². The highest BCUT2D eigenvalue weighted by molar-refractivity contribution is 7.10. The maximum Gasteiger partial charge on any atom is 0.234 e. The molecule has 1 aromatic heterocycles. The van der Waals surface area contributed by atoms with Crippen LogP contribution in [0, 0.1) is 6.92 Å². The van der Waals surface area contributed by atoms with Gasteiger partial charge in [-0.25, -0.2) is 0 Å². The largest absolute Gasteiger partial charge is 0.352 e. The fourth-order valence-corrected chi connectivity index (χ4v) is 3.45. The Bertz CT molecular complexity index is 395. The van der Waals surface area contributed by atoms with Gasteiger partial charge in [0.2, 0.25) is 5.91 Å². The van der Waals surface area contributed by atoms with Gasteiger partial charge in [-0.1, -0.05) is 25.7 Å². The van der Waals surface area contributed by atoms with Crippen molar-refractivity contribution in [3.8, 4) is 0 Å². The summed E-state index contributed by atoms with van der Waals surface area (Å²) in [6, 6.07) is 2.52. The average molecular weight is 280 g/mol. The molecule has 1 amide bonds. The number of carbonyl (C=O) groups excluding carboxylic acids is 1. The lowest BCUT2D eigenvalue weighted by atomic mass is 10.1. The summed E-state index contributed by atoms with van der Waals surface area (Å²) in [5, 5.41) is 8.48. The number of aryl methyl sites for hydroxylation is 1. The van der Waals surface area contributed by atoms with Crippen LogP contribution < -0.4 is 10.6 Å². The van der Waals surface area contributed by atoms with Gasteiger partial charge in [0.05, 0.1) is 6.54 Å². The number of thiophene rings is 1. The fraction of sp³-hybridized carbons (Fsp3) is 0.667. The van der Waals surface area contributed by atoms with Crippen molar-refractivity contribution in [2.24, 2.45) is 0 Å². The van der Waals surface area contributed by atoms with Gasteiger partial charge in [-0.15, -0.1) is 11.3 Å². The van der Waals surface area contributed by atoms with Crippen LogP contribution in [0.15, 0.2) is 11.4 Å². The van der Waals surface area contributed by atoms with Crippen molar-refractivity contribution in [3.05, 3.63) is 21.9 Å². The Morgan fingerprint density at radius 1 is 1.32 bits per heavy atom. The van der Waals surface area contributed by atoms with Crippen LogP contribution in [-0.4, -0.2) is 18.5 Å². The molecule has 4 heteroatoms. The maximum atomic E-state index is 11.9. The normalized spacial score (nSPS) is 17.1. The van der Waals surface area contributed by atoms with Crippen molar-refractivity contribution in [1.29, 1.82) is 0 Å². The van der Waals surface area contributed by atoms with E-state index in [0.717, 1.165) is 19.4 Å². The highest BCUT2D eigenvalue weighted by Gasteiger charge is 2.14. The van der Waals surface area contributed by atoms with Gasteiger partial charge >= 0.3 is 0 Å². The van der Waals surface area contributed by atoms with Gasteiger partial charge < -0.3 is 10.6 Å². The molecule has 0 unspecified atom stereocenters. The van der Waals surface area contributed by atoms with Crippen LogP contribution in [0.4, 0.5) is 0 Å². The first-order chi connectivity index (χ1) is 9.25. The number of amides is 1. The number of nitrogens with one attached hydrogen (secondary N) is 2. The van der Waals surface area contributed by atoms with Crippen molar-refractivity contribution >= 4 is 17.2 Å². The minimum Gasteiger partial charge on any atom is -0.352 e. The Labute approximate surface area is 119 Å². The molecule has 2 N–H and O–H groups in total. The van der Waals surface area contributed by atoms with E-state index in [0.29, 0.717) is 12.6 Å². The molecular weight excluding hydrogens is 256 g/mol. The lowest BCUT2D eigenvalue weighted by Crippen LogP contribution is -2.40. The monoisotopic (exact) mass is 280 g/mol. The second kappa shape index (κ2) is 7.65. The summed E-state index contributed by atoms with van der Waals surface area (Å²) in [6.45, 7) is 3.33. The average Bonchev–Trinajstić information content (AvgIpc) is 2.65. The molecule has 0 spiro atoms. The third-order valence-electron chi connectivity index (χ3n) is 3.76. The fourth-order valence-electron chi connectivity index (χ4n) is 2.58. The molecule has 1 fully saturated rings. The standard InChI is InChI=1S/C15H24N2OS/c1-12-8-9-19-14(12)10-16-11-15(18)17-13-6-4-2-3-5-7-13/h8-9,13,16H,2-7,10-11H2,1H3,(H,17,18). The number of carbonyl (C=O) groups is 1. The number of hydrogen-bond donors (Lipinski definition) is 2. The maximum absolute atomic E-state index is 11.9. The Balaban J connectivity index is 1.65. The Kier molecular flexibility index (Phi) is 5.86. The predicted molar refractivity (Wildman–Crippen MR) is 80.4 cm³/mol. The van der Waals surface area contributed by atoms with Crippen molar-refractivity contribution in [1.82, 2.24) is 10.6 Å². The smallest absolute Gasteiger partial charge is 0.234 e. The zero-order valence-corrected chi connectivity index (χ0v) is 12.5. The zero-order valence-electron chi connectivity index (χ0n) is 11.7. The van der Waals surface area contributed by atoms with E-state index < -0.39 is 0 Å². The summed E-state index contributed by atoms with van der Waals surface area (Å²) in [6.07, 6.45) is 7.45. The molecule has 0 aromatic carbocycles. The van der Waals surface area contributed by atoms with Gasteiger partial charge in [0, 0.05) is 17.5 Å². The first-order valence-electron chi connectivity index (χ1n) is 7.29. The van der Waals surface area contributed by atoms with E-state index in [1.807, 2.05) is 0 Å². The van der Waals surface area contributed by atoms with Crippen LogP contribution in [0.1, 0.15) is 49.0 Å². The van der Waals surface area contributed by atoms with Crippen molar-refractivity contribution in [2.45, 2.75) is 58.0 Å². The summed E-state index contributed by atoms with van der Waals surface area (Å²) in [4.78, 5) is 13.2. The second-order valence-corrected chi connectivity index (χ2v) is 6.39. The summed E-state index contributed by atoms with van der Waals surface area (Å²) in [7, 11) is 0. The minimum absolute atomic E-state index is 0.140. The minimum atomic E-state index is 0.140.